The van der Waals surface area contributed by atoms with Gasteiger partial charge in [-0.15, -0.1) is 0 Å². The van der Waals surface area contributed by atoms with Crippen LogP contribution in [0, 0.1) is 6.92 Å². The minimum Gasteiger partial charge on any atom is -0.494 e. The molecule has 0 amide bonds. The van der Waals surface area contributed by atoms with Crippen molar-refractivity contribution >= 4 is 17.6 Å². The molecule has 0 heterocycles. The van der Waals surface area contributed by atoms with E-state index in [-0.39, 0.29) is 5.57 Å². The summed E-state index contributed by atoms with van der Waals surface area (Å²) in [4.78, 5) is 11.9. The van der Waals surface area contributed by atoms with Crippen molar-refractivity contribution in [3.63, 3.8) is 0 Å². The second-order valence-corrected chi connectivity index (χ2v) is 5.66. The van der Waals surface area contributed by atoms with Crippen LogP contribution in [-0.2, 0) is 4.79 Å². The summed E-state index contributed by atoms with van der Waals surface area (Å²) in [6, 6.07) is 12.9. The molecule has 1 N–H and O–H groups in total. The van der Waals surface area contributed by atoms with E-state index in [9.17, 15) is 9.90 Å². The van der Waals surface area contributed by atoms with Crippen molar-refractivity contribution in [2.24, 2.45) is 0 Å². The van der Waals surface area contributed by atoms with Gasteiger partial charge in [0, 0.05) is 5.56 Å². The van der Waals surface area contributed by atoms with Crippen LogP contribution in [0.1, 0.15) is 37.0 Å². The fourth-order valence-electron chi connectivity index (χ4n) is 2.55. The number of aliphatic carboxylic acids is 1. The average Bonchev–Trinajstić information content (AvgIpc) is 2.59. The molecule has 0 bridgehead atoms. The van der Waals surface area contributed by atoms with Crippen molar-refractivity contribution < 1.29 is 19.4 Å². The summed E-state index contributed by atoms with van der Waals surface area (Å²) < 4.78 is 11.2. The minimum atomic E-state index is -0.974. The van der Waals surface area contributed by atoms with Crippen molar-refractivity contribution in [2.45, 2.75) is 27.2 Å². The van der Waals surface area contributed by atoms with Gasteiger partial charge in [0.2, 0.25) is 0 Å². The SMILES string of the molecule is CCCOc1ccccc1/C=C(\C(=O)O)c1ccc(OCC)cc1C. The zero-order valence-corrected chi connectivity index (χ0v) is 14.9. The van der Waals surface area contributed by atoms with Crippen LogP contribution in [0.3, 0.4) is 0 Å². The number of para-hydroxylation sites is 1. The Hall–Kier alpha value is -2.75. The van der Waals surface area contributed by atoms with Gasteiger partial charge in [0.15, 0.2) is 0 Å². The summed E-state index contributed by atoms with van der Waals surface area (Å²) in [6.45, 7) is 7.00. The Morgan fingerprint density at radius 3 is 2.52 bits per heavy atom. The average molecular weight is 340 g/mol. The van der Waals surface area contributed by atoms with Gasteiger partial charge in [0.25, 0.3) is 0 Å². The molecular formula is C21H24O4. The molecule has 0 saturated carbocycles. The van der Waals surface area contributed by atoms with E-state index >= 15 is 0 Å². The third-order valence-corrected chi connectivity index (χ3v) is 3.71. The monoisotopic (exact) mass is 340 g/mol. The molecule has 0 aliphatic carbocycles. The van der Waals surface area contributed by atoms with Crippen LogP contribution >= 0.6 is 0 Å². The Bertz CT molecular complexity index is 762. The summed E-state index contributed by atoms with van der Waals surface area (Å²) in [5.41, 5.74) is 2.50. The Morgan fingerprint density at radius 1 is 1.12 bits per heavy atom. The summed E-state index contributed by atoms with van der Waals surface area (Å²) >= 11 is 0. The Balaban J connectivity index is 2.45. The molecule has 0 atom stereocenters. The molecule has 2 aromatic rings. The van der Waals surface area contributed by atoms with E-state index in [1.54, 1.807) is 18.2 Å². The number of ether oxygens (including phenoxy) is 2. The van der Waals surface area contributed by atoms with E-state index in [4.69, 9.17) is 9.47 Å². The highest BCUT2D eigenvalue weighted by Crippen LogP contribution is 2.28. The molecule has 0 unspecified atom stereocenters. The summed E-state index contributed by atoms with van der Waals surface area (Å²) in [5, 5.41) is 9.71. The molecule has 132 valence electrons. The highest BCUT2D eigenvalue weighted by molar-refractivity contribution is 6.21. The summed E-state index contributed by atoms with van der Waals surface area (Å²) in [6.07, 6.45) is 2.55. The maximum Gasteiger partial charge on any atom is 0.336 e. The largest absolute Gasteiger partial charge is 0.494 e. The summed E-state index contributed by atoms with van der Waals surface area (Å²) in [5.74, 6) is 0.449. The lowest BCUT2D eigenvalue weighted by Crippen LogP contribution is -2.03. The van der Waals surface area contributed by atoms with E-state index in [0.717, 1.165) is 23.3 Å². The van der Waals surface area contributed by atoms with Crippen molar-refractivity contribution in [3.8, 4) is 11.5 Å². The predicted octanol–water partition coefficient (Wildman–Crippen LogP) is 4.81. The maximum atomic E-state index is 11.9. The van der Waals surface area contributed by atoms with E-state index in [1.807, 2.05) is 51.1 Å². The minimum absolute atomic E-state index is 0.230. The number of benzene rings is 2. The third-order valence-electron chi connectivity index (χ3n) is 3.71. The van der Waals surface area contributed by atoms with Crippen LogP contribution in [0.25, 0.3) is 11.6 Å². The highest BCUT2D eigenvalue weighted by atomic mass is 16.5. The quantitative estimate of drug-likeness (QED) is 0.553. The van der Waals surface area contributed by atoms with E-state index in [0.29, 0.717) is 24.5 Å². The first-order chi connectivity index (χ1) is 12.1. The molecule has 0 fully saturated rings. The first-order valence-corrected chi connectivity index (χ1v) is 8.47. The fourth-order valence-corrected chi connectivity index (χ4v) is 2.55. The zero-order valence-electron chi connectivity index (χ0n) is 14.9. The Morgan fingerprint density at radius 2 is 1.88 bits per heavy atom. The van der Waals surface area contributed by atoms with Crippen LogP contribution in [0.2, 0.25) is 0 Å². The van der Waals surface area contributed by atoms with Crippen molar-refractivity contribution in [2.75, 3.05) is 13.2 Å². The molecule has 2 aromatic carbocycles. The van der Waals surface area contributed by atoms with Crippen LogP contribution in [0.5, 0.6) is 11.5 Å². The van der Waals surface area contributed by atoms with Gasteiger partial charge < -0.3 is 14.6 Å². The van der Waals surface area contributed by atoms with Crippen LogP contribution in [0.4, 0.5) is 0 Å². The van der Waals surface area contributed by atoms with Gasteiger partial charge in [-0.2, -0.15) is 0 Å². The molecular weight excluding hydrogens is 316 g/mol. The Kier molecular flexibility index (Phi) is 6.63. The molecule has 0 saturated heterocycles. The van der Waals surface area contributed by atoms with Gasteiger partial charge in [0.05, 0.1) is 18.8 Å². The van der Waals surface area contributed by atoms with Gasteiger partial charge >= 0.3 is 5.97 Å². The molecule has 4 heteroatoms. The Labute approximate surface area is 148 Å². The van der Waals surface area contributed by atoms with Crippen LogP contribution in [-0.4, -0.2) is 24.3 Å². The topological polar surface area (TPSA) is 55.8 Å². The van der Waals surface area contributed by atoms with Crippen molar-refractivity contribution in [1.29, 1.82) is 0 Å². The number of carboxylic acid groups (broad SMARTS) is 1. The van der Waals surface area contributed by atoms with Gasteiger partial charge in [-0.3, -0.25) is 0 Å². The molecule has 2 rings (SSSR count). The van der Waals surface area contributed by atoms with E-state index < -0.39 is 5.97 Å². The molecule has 0 spiro atoms. The molecule has 0 aliphatic heterocycles. The van der Waals surface area contributed by atoms with E-state index in [1.165, 1.54) is 0 Å². The first kappa shape index (κ1) is 18.6. The predicted molar refractivity (Wildman–Crippen MR) is 100 cm³/mol. The highest BCUT2D eigenvalue weighted by Gasteiger charge is 2.15. The standard InChI is InChI=1S/C21H24O4/c1-4-12-25-20-9-7-6-8-16(20)14-19(21(22)23)18-11-10-17(24-5-2)13-15(18)3/h6-11,13-14H,4-5,12H2,1-3H3,(H,22,23)/b19-14-. The molecule has 4 nitrogen and oxygen atoms in total. The van der Waals surface area contributed by atoms with Gasteiger partial charge in [-0.25, -0.2) is 4.79 Å². The molecule has 25 heavy (non-hydrogen) atoms. The number of carbonyl (C=O) groups is 1. The number of aryl methyl sites for hydroxylation is 1. The van der Waals surface area contributed by atoms with E-state index in [2.05, 4.69) is 0 Å². The zero-order chi connectivity index (χ0) is 18.2. The smallest absolute Gasteiger partial charge is 0.336 e. The first-order valence-electron chi connectivity index (χ1n) is 8.47. The van der Waals surface area contributed by atoms with Crippen LogP contribution < -0.4 is 9.47 Å². The molecule has 0 aliphatic rings. The lowest BCUT2D eigenvalue weighted by atomic mass is 9.98. The van der Waals surface area contributed by atoms with Crippen molar-refractivity contribution in [1.82, 2.24) is 0 Å². The number of rotatable bonds is 8. The lowest BCUT2D eigenvalue weighted by molar-refractivity contribution is -0.130. The van der Waals surface area contributed by atoms with Gasteiger partial charge in [-0.1, -0.05) is 31.2 Å². The van der Waals surface area contributed by atoms with Gasteiger partial charge in [0.1, 0.15) is 11.5 Å². The molecule has 0 aromatic heterocycles. The van der Waals surface area contributed by atoms with Gasteiger partial charge in [-0.05, 0) is 55.7 Å². The number of carboxylic acids is 1. The summed E-state index contributed by atoms with van der Waals surface area (Å²) in [7, 11) is 0. The van der Waals surface area contributed by atoms with Crippen molar-refractivity contribution in [3.05, 3.63) is 59.2 Å². The number of hydrogen-bond acceptors (Lipinski definition) is 3. The maximum absolute atomic E-state index is 11.9. The number of hydrogen-bond donors (Lipinski definition) is 1. The normalized spacial score (nSPS) is 11.2. The second-order valence-electron chi connectivity index (χ2n) is 5.66. The second kappa shape index (κ2) is 8.92. The molecule has 0 radical (unpaired) electrons. The lowest BCUT2D eigenvalue weighted by Gasteiger charge is -2.12. The van der Waals surface area contributed by atoms with Crippen LogP contribution in [0.15, 0.2) is 42.5 Å². The third kappa shape index (κ3) is 4.86. The fraction of sp³-hybridized carbons (Fsp3) is 0.286.